The second-order valence-corrected chi connectivity index (χ2v) is 4.50. The van der Waals surface area contributed by atoms with Crippen LogP contribution in [0, 0.1) is 20.8 Å². The van der Waals surface area contributed by atoms with Crippen molar-refractivity contribution < 1.29 is 9.53 Å². The maximum Gasteiger partial charge on any atom is 0.153 e. The van der Waals surface area contributed by atoms with Crippen molar-refractivity contribution in [3.63, 3.8) is 0 Å². The molecule has 0 saturated heterocycles. The molecule has 5 nitrogen and oxygen atoms in total. The molecule has 2 aromatic rings. The first-order valence-corrected chi connectivity index (χ1v) is 6.06. The van der Waals surface area contributed by atoms with Crippen molar-refractivity contribution >= 4 is 6.29 Å². The summed E-state index contributed by atoms with van der Waals surface area (Å²) >= 11 is 0. The molecular weight excluding hydrogens is 242 g/mol. The summed E-state index contributed by atoms with van der Waals surface area (Å²) < 4.78 is 7.02. The van der Waals surface area contributed by atoms with Gasteiger partial charge in [0.25, 0.3) is 0 Å². The highest BCUT2D eigenvalue weighted by Gasteiger charge is 2.11. The molecule has 0 radical (unpaired) electrons. The third-order valence-electron chi connectivity index (χ3n) is 3.08. The van der Waals surface area contributed by atoms with E-state index in [9.17, 15) is 4.79 Å². The van der Waals surface area contributed by atoms with Gasteiger partial charge < -0.3 is 4.74 Å². The Bertz CT molecular complexity index is 617. The maximum atomic E-state index is 11.0. The van der Waals surface area contributed by atoms with E-state index in [-0.39, 0.29) is 0 Å². The predicted octanol–water partition coefficient (Wildman–Crippen LogP) is 2.07. The van der Waals surface area contributed by atoms with Gasteiger partial charge in [-0.05, 0) is 20.8 Å². The van der Waals surface area contributed by atoms with Gasteiger partial charge in [-0.1, -0.05) is 0 Å². The van der Waals surface area contributed by atoms with E-state index in [2.05, 4.69) is 10.1 Å². The van der Waals surface area contributed by atoms with Crippen molar-refractivity contribution in [1.29, 1.82) is 0 Å². The molecule has 0 atom stereocenters. The van der Waals surface area contributed by atoms with Crippen LogP contribution in [0.2, 0.25) is 0 Å². The molecule has 0 N–H and O–H groups in total. The second kappa shape index (κ2) is 5.22. The lowest BCUT2D eigenvalue weighted by Gasteiger charge is -2.07. The fourth-order valence-electron chi connectivity index (χ4n) is 2.09. The molecule has 0 aliphatic carbocycles. The average Bonchev–Trinajstić information content (AvgIpc) is 2.63. The molecule has 0 aliphatic heterocycles. The normalized spacial score (nSPS) is 10.5. The van der Waals surface area contributed by atoms with Gasteiger partial charge in [-0.2, -0.15) is 5.10 Å². The molecule has 5 heteroatoms. The largest absolute Gasteiger partial charge is 0.497 e. The molecule has 19 heavy (non-hydrogen) atoms. The summed E-state index contributed by atoms with van der Waals surface area (Å²) in [6.07, 6.45) is 0.846. The number of ether oxygens (including phenoxy) is 1. The Labute approximate surface area is 112 Å². The van der Waals surface area contributed by atoms with E-state index in [1.807, 2.05) is 32.9 Å². The van der Waals surface area contributed by atoms with Crippen LogP contribution in [-0.4, -0.2) is 28.2 Å². The Balaban J connectivity index is 2.36. The van der Waals surface area contributed by atoms with Crippen molar-refractivity contribution in [1.82, 2.24) is 14.8 Å². The molecule has 0 aromatic carbocycles. The van der Waals surface area contributed by atoms with Crippen LogP contribution in [0.3, 0.4) is 0 Å². The third-order valence-corrected chi connectivity index (χ3v) is 3.08. The van der Waals surface area contributed by atoms with Crippen molar-refractivity contribution in [2.45, 2.75) is 27.3 Å². The fraction of sp³-hybridized carbons (Fsp3) is 0.357. The number of hydrogen-bond donors (Lipinski definition) is 0. The average molecular weight is 259 g/mol. The second-order valence-electron chi connectivity index (χ2n) is 4.50. The molecule has 2 aromatic heterocycles. The number of aryl methyl sites for hydroxylation is 2. The minimum absolute atomic E-state index is 0.526. The summed E-state index contributed by atoms with van der Waals surface area (Å²) in [5.74, 6) is 0.777. The number of carbonyl (C=O) groups excluding carboxylic acids is 1. The lowest BCUT2D eigenvalue weighted by molar-refractivity contribution is 0.112. The van der Waals surface area contributed by atoms with E-state index >= 15 is 0 Å². The molecule has 0 spiro atoms. The number of carbonyl (C=O) groups is 1. The first-order valence-electron chi connectivity index (χ1n) is 6.06. The first kappa shape index (κ1) is 13.3. The van der Waals surface area contributed by atoms with Crippen molar-refractivity contribution in [3.05, 3.63) is 40.5 Å². The minimum atomic E-state index is 0.526. The Hall–Kier alpha value is -2.17. The molecule has 0 aliphatic rings. The lowest BCUT2D eigenvalue weighted by atomic mass is 10.2. The summed E-state index contributed by atoms with van der Waals surface area (Å²) in [5.41, 5.74) is 4.01. The highest BCUT2D eigenvalue weighted by molar-refractivity contribution is 5.78. The zero-order chi connectivity index (χ0) is 14.0. The van der Waals surface area contributed by atoms with Crippen molar-refractivity contribution in [2.24, 2.45) is 0 Å². The molecular formula is C14H17N3O2. The summed E-state index contributed by atoms with van der Waals surface area (Å²) in [4.78, 5) is 15.4. The minimum Gasteiger partial charge on any atom is -0.497 e. The zero-order valence-electron chi connectivity index (χ0n) is 11.6. The number of methoxy groups -OCH3 is 1. The number of rotatable bonds is 4. The van der Waals surface area contributed by atoms with E-state index in [0.717, 1.165) is 34.8 Å². The van der Waals surface area contributed by atoms with Gasteiger partial charge in [-0.25, -0.2) is 0 Å². The van der Waals surface area contributed by atoms with Crippen LogP contribution in [0.15, 0.2) is 12.1 Å². The van der Waals surface area contributed by atoms with E-state index in [4.69, 9.17) is 4.74 Å². The van der Waals surface area contributed by atoms with Gasteiger partial charge in [0.15, 0.2) is 6.29 Å². The van der Waals surface area contributed by atoms with Gasteiger partial charge in [0.05, 0.1) is 30.6 Å². The molecule has 2 rings (SSSR count). The SMILES string of the molecule is COc1cc(C)nc(Cn2nc(C)c(C=O)c2C)c1. The number of nitrogens with zero attached hydrogens (tertiary/aromatic N) is 3. The van der Waals surface area contributed by atoms with Crippen LogP contribution in [0.5, 0.6) is 5.75 Å². The summed E-state index contributed by atoms with van der Waals surface area (Å²) in [5, 5.41) is 4.37. The Morgan fingerprint density at radius 2 is 2.05 bits per heavy atom. The van der Waals surface area contributed by atoms with Crippen LogP contribution in [0.25, 0.3) is 0 Å². The quantitative estimate of drug-likeness (QED) is 0.789. The Morgan fingerprint density at radius 3 is 2.63 bits per heavy atom. The van der Waals surface area contributed by atoms with E-state index in [0.29, 0.717) is 12.1 Å². The summed E-state index contributed by atoms with van der Waals surface area (Å²) in [6.45, 7) is 6.16. The molecule has 2 heterocycles. The first-order chi connectivity index (χ1) is 9.05. The fourth-order valence-corrected chi connectivity index (χ4v) is 2.09. The highest BCUT2D eigenvalue weighted by Crippen LogP contribution is 2.16. The highest BCUT2D eigenvalue weighted by atomic mass is 16.5. The molecule has 0 amide bonds. The van der Waals surface area contributed by atoms with Crippen molar-refractivity contribution in [2.75, 3.05) is 7.11 Å². The maximum absolute atomic E-state index is 11.0. The van der Waals surface area contributed by atoms with Gasteiger partial charge in [0.2, 0.25) is 0 Å². The summed E-state index contributed by atoms with van der Waals surface area (Å²) in [6, 6.07) is 3.76. The molecule has 0 bridgehead atoms. The topological polar surface area (TPSA) is 57.0 Å². The predicted molar refractivity (Wildman–Crippen MR) is 71.7 cm³/mol. The molecule has 100 valence electrons. The van der Waals surface area contributed by atoms with Crippen molar-refractivity contribution in [3.8, 4) is 5.75 Å². The molecule has 0 fully saturated rings. The monoisotopic (exact) mass is 259 g/mol. The number of aldehydes is 1. The van der Waals surface area contributed by atoms with E-state index in [1.165, 1.54) is 0 Å². The standard InChI is InChI=1S/C14H17N3O2/c1-9-5-13(19-4)6-12(15-9)7-17-11(3)14(8-18)10(2)16-17/h5-6,8H,7H2,1-4H3. The lowest BCUT2D eigenvalue weighted by Crippen LogP contribution is -2.07. The van der Waals surface area contributed by atoms with Crippen LogP contribution < -0.4 is 4.74 Å². The van der Waals surface area contributed by atoms with Gasteiger partial charge in [0, 0.05) is 23.5 Å². The zero-order valence-corrected chi connectivity index (χ0v) is 11.6. The Kier molecular flexibility index (Phi) is 3.64. The Morgan fingerprint density at radius 1 is 1.32 bits per heavy atom. The third kappa shape index (κ3) is 2.65. The van der Waals surface area contributed by atoms with Crippen LogP contribution in [0.1, 0.15) is 33.1 Å². The van der Waals surface area contributed by atoms with Gasteiger partial charge in [-0.15, -0.1) is 0 Å². The van der Waals surface area contributed by atoms with Crippen LogP contribution in [0.4, 0.5) is 0 Å². The smallest absolute Gasteiger partial charge is 0.153 e. The molecule has 0 saturated carbocycles. The number of pyridine rings is 1. The van der Waals surface area contributed by atoms with Gasteiger partial charge in [-0.3, -0.25) is 14.5 Å². The van der Waals surface area contributed by atoms with Gasteiger partial charge >= 0.3 is 0 Å². The van der Waals surface area contributed by atoms with Gasteiger partial charge in [0.1, 0.15) is 5.75 Å². The van der Waals surface area contributed by atoms with Crippen LogP contribution in [-0.2, 0) is 6.54 Å². The summed E-state index contributed by atoms with van der Waals surface area (Å²) in [7, 11) is 1.63. The van der Waals surface area contributed by atoms with Crippen LogP contribution >= 0.6 is 0 Å². The number of hydrogen-bond acceptors (Lipinski definition) is 4. The van der Waals surface area contributed by atoms with E-state index < -0.39 is 0 Å². The molecule has 0 unspecified atom stereocenters. The van der Waals surface area contributed by atoms with E-state index in [1.54, 1.807) is 11.8 Å². The number of aromatic nitrogens is 3.